The molecule has 0 atom stereocenters. The summed E-state index contributed by atoms with van der Waals surface area (Å²) in [5.41, 5.74) is -0.748. The fourth-order valence-corrected chi connectivity index (χ4v) is 3.73. The first-order valence-electron chi connectivity index (χ1n) is 9.70. The number of anilines is 1. The van der Waals surface area contributed by atoms with Crippen LogP contribution in [-0.2, 0) is 9.53 Å². The number of benzene rings is 1. The van der Waals surface area contributed by atoms with Gasteiger partial charge in [0.15, 0.2) is 0 Å². The van der Waals surface area contributed by atoms with Crippen molar-refractivity contribution in [3.05, 3.63) is 41.3 Å². The van der Waals surface area contributed by atoms with E-state index in [1.807, 2.05) is 0 Å². The van der Waals surface area contributed by atoms with Crippen molar-refractivity contribution in [2.75, 3.05) is 11.9 Å². The lowest BCUT2D eigenvalue weighted by atomic mass is 9.93. The molecule has 1 aromatic carbocycles. The van der Waals surface area contributed by atoms with Gasteiger partial charge in [0.25, 0.3) is 0 Å². The van der Waals surface area contributed by atoms with Gasteiger partial charge in [-0.3, -0.25) is 4.79 Å². The Kier molecular flexibility index (Phi) is 8.14. The number of thiophene rings is 1. The summed E-state index contributed by atoms with van der Waals surface area (Å²) in [7, 11) is 0. The zero-order valence-corrected chi connectivity index (χ0v) is 19.0. The summed E-state index contributed by atoms with van der Waals surface area (Å²) in [5.74, 6) is -43.9. The molecule has 212 valence electrons. The van der Waals surface area contributed by atoms with E-state index in [4.69, 9.17) is 0 Å². The third-order valence-electron chi connectivity index (χ3n) is 4.80. The molecule has 1 N–H and O–H groups in total. The van der Waals surface area contributed by atoms with Crippen LogP contribution in [0.5, 0.6) is 0 Å². The molecule has 0 bridgehead atoms. The summed E-state index contributed by atoms with van der Waals surface area (Å²) in [6.07, 6.45) is -7.58. The van der Waals surface area contributed by atoms with Gasteiger partial charge in [0.1, 0.15) is 10.6 Å². The molecule has 0 aliphatic carbocycles. The number of hydrogen-bond donors (Lipinski definition) is 1. The van der Waals surface area contributed by atoms with Gasteiger partial charge in [-0.15, -0.1) is 11.3 Å². The van der Waals surface area contributed by atoms with Crippen LogP contribution in [0, 0.1) is 0 Å². The van der Waals surface area contributed by atoms with Gasteiger partial charge >= 0.3 is 47.7 Å². The van der Waals surface area contributed by atoms with E-state index in [0.29, 0.717) is 0 Å². The molecule has 1 amide bonds. The van der Waals surface area contributed by atoms with E-state index in [-0.39, 0.29) is 29.1 Å². The van der Waals surface area contributed by atoms with Gasteiger partial charge < -0.3 is 10.1 Å². The molecule has 0 aliphatic heterocycles. The predicted octanol–water partition coefficient (Wildman–Crippen LogP) is 7.27. The zero-order chi connectivity index (χ0) is 29.5. The second-order valence-electron chi connectivity index (χ2n) is 7.26. The lowest BCUT2D eigenvalue weighted by molar-refractivity contribution is -0.435. The number of rotatable bonds is 9. The second-order valence-corrected chi connectivity index (χ2v) is 8.14. The number of halogens is 13. The van der Waals surface area contributed by atoms with Crippen molar-refractivity contribution in [1.29, 1.82) is 0 Å². The second kappa shape index (κ2) is 9.92. The summed E-state index contributed by atoms with van der Waals surface area (Å²) < 4.78 is 178. The lowest BCUT2D eigenvalue weighted by Crippen LogP contribution is -2.71. The van der Waals surface area contributed by atoms with Gasteiger partial charge in [0.2, 0.25) is 0 Å². The Morgan fingerprint density at radius 3 is 1.76 bits per heavy atom. The normalized spacial score (nSPS) is 13.8. The van der Waals surface area contributed by atoms with Crippen molar-refractivity contribution in [2.24, 2.45) is 0 Å². The minimum absolute atomic E-state index is 0.152. The van der Waals surface area contributed by atoms with Gasteiger partial charge in [-0.05, 0) is 12.5 Å². The molecule has 0 fully saturated rings. The monoisotopic (exact) mass is 593 g/mol. The Hall–Kier alpha value is -3.05. The Morgan fingerprint density at radius 2 is 1.29 bits per heavy atom. The fraction of sp³-hybridized carbons (Fsp3) is 0.400. The summed E-state index contributed by atoms with van der Waals surface area (Å²) in [6, 6.07) is 7.05. The maximum Gasteiger partial charge on any atom is 0.460 e. The Morgan fingerprint density at radius 1 is 0.789 bits per heavy atom. The van der Waals surface area contributed by atoms with Crippen molar-refractivity contribution in [2.45, 2.75) is 42.7 Å². The van der Waals surface area contributed by atoms with E-state index < -0.39 is 58.2 Å². The SMILES string of the molecule is CCOC(=O)c1c(-c2ccccc2)csc1NC(=O)C(F)(F)C(F)(F)C(F)(F)C(F)(F)C(F)(F)C(F)(F)F. The number of amides is 1. The first-order valence-corrected chi connectivity index (χ1v) is 10.6. The number of ether oxygens (including phenoxy) is 1. The van der Waals surface area contributed by atoms with Crippen LogP contribution < -0.4 is 5.32 Å². The fourth-order valence-electron chi connectivity index (χ4n) is 2.78. The van der Waals surface area contributed by atoms with Crippen LogP contribution in [0.1, 0.15) is 17.3 Å². The molecule has 2 rings (SSSR count). The Labute approximate surface area is 207 Å². The minimum Gasteiger partial charge on any atom is -0.462 e. The molecular weight excluding hydrogens is 581 g/mol. The molecule has 0 unspecified atom stereocenters. The summed E-state index contributed by atoms with van der Waals surface area (Å²) in [4.78, 5) is 24.2. The highest BCUT2D eigenvalue weighted by atomic mass is 32.1. The van der Waals surface area contributed by atoms with Gasteiger partial charge in [0.05, 0.1) is 6.61 Å². The van der Waals surface area contributed by atoms with Crippen LogP contribution in [-0.4, -0.2) is 54.3 Å². The highest BCUT2D eigenvalue weighted by Gasteiger charge is 2.91. The number of carbonyl (C=O) groups excluding carboxylic acids is 2. The smallest absolute Gasteiger partial charge is 0.460 e. The van der Waals surface area contributed by atoms with Crippen molar-refractivity contribution in [3.8, 4) is 11.1 Å². The lowest BCUT2D eigenvalue weighted by Gasteiger charge is -2.39. The number of nitrogens with one attached hydrogen (secondary N) is 1. The van der Waals surface area contributed by atoms with Gasteiger partial charge in [-0.1, -0.05) is 30.3 Å². The van der Waals surface area contributed by atoms with Crippen LogP contribution in [0.2, 0.25) is 0 Å². The molecule has 4 nitrogen and oxygen atoms in total. The molecule has 18 heteroatoms. The molecule has 0 spiro atoms. The highest BCUT2D eigenvalue weighted by Crippen LogP contribution is 2.60. The maximum atomic E-state index is 14.2. The molecule has 38 heavy (non-hydrogen) atoms. The topological polar surface area (TPSA) is 55.4 Å². The molecule has 0 saturated carbocycles. The van der Waals surface area contributed by atoms with Crippen molar-refractivity contribution in [1.82, 2.24) is 0 Å². The van der Waals surface area contributed by atoms with Gasteiger partial charge in [0, 0.05) is 10.9 Å². The molecule has 0 aliphatic rings. The average molecular weight is 593 g/mol. The molecule has 1 heterocycles. The third-order valence-corrected chi connectivity index (χ3v) is 5.70. The molecule has 0 radical (unpaired) electrons. The van der Waals surface area contributed by atoms with Crippen molar-refractivity contribution in [3.63, 3.8) is 0 Å². The molecule has 0 saturated heterocycles. The van der Waals surface area contributed by atoms with Gasteiger partial charge in [-0.25, -0.2) is 4.79 Å². The van der Waals surface area contributed by atoms with E-state index in [1.165, 1.54) is 37.3 Å². The van der Waals surface area contributed by atoms with Crippen LogP contribution >= 0.6 is 11.3 Å². The van der Waals surface area contributed by atoms with Crippen molar-refractivity contribution < 1.29 is 71.4 Å². The summed E-state index contributed by atoms with van der Waals surface area (Å²) in [5, 5.41) is 0.897. The van der Waals surface area contributed by atoms with Crippen molar-refractivity contribution >= 4 is 28.2 Å². The Bertz CT molecular complexity index is 1180. The van der Waals surface area contributed by atoms with Crippen LogP contribution in [0.25, 0.3) is 11.1 Å². The van der Waals surface area contributed by atoms with E-state index in [1.54, 1.807) is 0 Å². The zero-order valence-electron chi connectivity index (χ0n) is 18.2. The van der Waals surface area contributed by atoms with E-state index in [2.05, 4.69) is 4.74 Å². The average Bonchev–Trinajstić information content (AvgIpc) is 3.22. The molecule has 1 aromatic heterocycles. The number of esters is 1. The number of alkyl halides is 13. The molecule has 2 aromatic rings. The quantitative estimate of drug-likeness (QED) is 0.246. The Balaban J connectivity index is 2.55. The van der Waals surface area contributed by atoms with E-state index in [0.717, 1.165) is 10.7 Å². The highest BCUT2D eigenvalue weighted by molar-refractivity contribution is 7.15. The number of hydrogen-bond acceptors (Lipinski definition) is 4. The summed E-state index contributed by atoms with van der Waals surface area (Å²) in [6.45, 7) is 0.928. The predicted molar refractivity (Wildman–Crippen MR) is 105 cm³/mol. The maximum absolute atomic E-state index is 14.2. The largest absolute Gasteiger partial charge is 0.462 e. The first kappa shape index (κ1) is 31.2. The minimum atomic E-state index is -8.15. The third kappa shape index (κ3) is 4.77. The standard InChI is InChI=1S/C20H12F13NO3S/c1-2-37-13(35)11-10(9-6-4-3-5-7-9)8-38-12(11)34-14(36)15(21,22)16(23,24)17(25,26)18(27,28)19(29,30)20(31,32)33/h3-8H,2H2,1H3,(H,34,36). The van der Waals surface area contributed by atoms with E-state index >= 15 is 0 Å². The summed E-state index contributed by atoms with van der Waals surface area (Å²) >= 11 is 0.186. The number of carbonyl (C=O) groups is 2. The van der Waals surface area contributed by atoms with Crippen LogP contribution in [0.3, 0.4) is 0 Å². The van der Waals surface area contributed by atoms with E-state index in [9.17, 15) is 66.7 Å². The first-order chi connectivity index (χ1) is 17.1. The molecular formula is C20H12F13NO3S. The van der Waals surface area contributed by atoms with Gasteiger partial charge in [-0.2, -0.15) is 57.1 Å². The van der Waals surface area contributed by atoms with Crippen LogP contribution in [0.4, 0.5) is 62.1 Å². The van der Waals surface area contributed by atoms with Crippen LogP contribution in [0.15, 0.2) is 35.7 Å².